The SMILES string of the molecule is C(N1C(c2cccc3ccccc23)CCC1c1cccc2ccccc12)=[N+]1C(c2cccc3ccccc23)CCC1c1cccc2ccccc12. The molecule has 0 aromatic heterocycles. The molecule has 0 radical (unpaired) electrons. The van der Waals surface area contributed by atoms with Gasteiger partial charge in [0.1, 0.15) is 24.2 Å². The van der Waals surface area contributed by atoms with Gasteiger partial charge in [0.05, 0.1) is 0 Å². The van der Waals surface area contributed by atoms with Crippen molar-refractivity contribution in [2.75, 3.05) is 0 Å². The van der Waals surface area contributed by atoms with Gasteiger partial charge in [-0.3, -0.25) is 9.48 Å². The molecule has 4 unspecified atom stereocenters. The van der Waals surface area contributed by atoms with Crippen LogP contribution in [0.25, 0.3) is 43.1 Å². The van der Waals surface area contributed by atoms with Crippen molar-refractivity contribution in [3.8, 4) is 0 Å². The number of benzene rings is 8. The summed E-state index contributed by atoms with van der Waals surface area (Å²) in [6, 6.07) is 64.4. The Kier molecular flexibility index (Phi) is 7.41. The highest BCUT2D eigenvalue weighted by atomic mass is 15.3. The third-order valence-corrected chi connectivity index (χ3v) is 11.9. The molecule has 2 saturated heterocycles. The van der Waals surface area contributed by atoms with Gasteiger partial charge in [-0.2, -0.15) is 0 Å². The standard InChI is InChI=1S/C49H41N2/c1-5-21-38-34(13-1)17-9-25-42(38)46-29-30-47(43-26-10-18-35-14-2-6-22-39(35)43)50(46)33-51-48(44-27-11-19-36-15-3-7-23-40(36)44)31-32-49(51)45-28-12-20-37-16-4-8-24-41(37)45/h1-28,33,46-49H,29-32H2/q+1. The second kappa shape index (κ2) is 12.5. The minimum Gasteiger partial charge on any atom is -0.254 e. The van der Waals surface area contributed by atoms with Crippen LogP contribution < -0.4 is 0 Å². The predicted molar refractivity (Wildman–Crippen MR) is 213 cm³/mol. The fourth-order valence-corrected chi connectivity index (χ4v) is 9.57. The summed E-state index contributed by atoms with van der Waals surface area (Å²) in [4.78, 5) is 2.77. The molecule has 0 amide bonds. The molecule has 8 aromatic rings. The van der Waals surface area contributed by atoms with Crippen LogP contribution in [0.3, 0.4) is 0 Å². The van der Waals surface area contributed by atoms with Crippen molar-refractivity contribution in [2.45, 2.75) is 49.9 Å². The molecule has 0 bridgehead atoms. The Morgan fingerprint density at radius 2 is 0.667 bits per heavy atom. The maximum atomic E-state index is 2.77. The summed E-state index contributed by atoms with van der Waals surface area (Å²) in [5.41, 5.74) is 5.70. The normalized spacial score (nSPS) is 20.5. The fourth-order valence-electron chi connectivity index (χ4n) is 9.57. The predicted octanol–water partition coefficient (Wildman–Crippen LogP) is 12.5. The van der Waals surface area contributed by atoms with Crippen LogP contribution in [-0.4, -0.2) is 15.8 Å². The summed E-state index contributed by atoms with van der Waals surface area (Å²) in [6.07, 6.45) is 7.00. The minimum atomic E-state index is 0.252. The van der Waals surface area contributed by atoms with E-state index >= 15 is 0 Å². The van der Waals surface area contributed by atoms with Crippen molar-refractivity contribution in [1.29, 1.82) is 0 Å². The van der Waals surface area contributed by atoms with Gasteiger partial charge in [-0.25, -0.2) is 0 Å². The van der Waals surface area contributed by atoms with Crippen LogP contribution in [0.15, 0.2) is 170 Å². The third-order valence-electron chi connectivity index (χ3n) is 11.9. The Balaban J connectivity index is 1.21. The first-order valence-electron chi connectivity index (χ1n) is 18.6. The summed E-state index contributed by atoms with van der Waals surface area (Å²) in [7, 11) is 0. The van der Waals surface area contributed by atoms with Crippen LogP contribution >= 0.6 is 0 Å². The van der Waals surface area contributed by atoms with Gasteiger partial charge in [0.2, 0.25) is 6.34 Å². The van der Waals surface area contributed by atoms with Gasteiger partial charge < -0.3 is 0 Å². The van der Waals surface area contributed by atoms with Crippen LogP contribution in [-0.2, 0) is 0 Å². The van der Waals surface area contributed by atoms with Crippen LogP contribution in [0.4, 0.5) is 0 Å². The molecule has 2 aliphatic heterocycles. The maximum absolute atomic E-state index is 2.77. The second-order valence-corrected chi connectivity index (χ2v) is 14.5. The summed E-state index contributed by atoms with van der Waals surface area (Å²) in [5, 5.41) is 10.7. The molecule has 10 rings (SSSR count). The van der Waals surface area contributed by atoms with Crippen LogP contribution in [0.2, 0.25) is 0 Å². The molecule has 2 nitrogen and oxygen atoms in total. The first-order chi connectivity index (χ1) is 25.3. The van der Waals surface area contributed by atoms with E-state index in [0.717, 1.165) is 25.7 Å². The van der Waals surface area contributed by atoms with Gasteiger partial charge in [0.25, 0.3) is 0 Å². The second-order valence-electron chi connectivity index (χ2n) is 14.5. The van der Waals surface area contributed by atoms with Gasteiger partial charge in [-0.1, -0.05) is 170 Å². The maximum Gasteiger partial charge on any atom is 0.236 e. The zero-order valence-corrected chi connectivity index (χ0v) is 28.8. The first-order valence-corrected chi connectivity index (χ1v) is 18.6. The molecular weight excluding hydrogens is 617 g/mol. The summed E-state index contributed by atoms with van der Waals surface area (Å²) in [6.45, 7) is 0. The van der Waals surface area contributed by atoms with Crippen LogP contribution in [0.1, 0.15) is 72.1 Å². The Bertz CT molecular complexity index is 2400. The molecule has 0 spiro atoms. The smallest absolute Gasteiger partial charge is 0.236 e. The monoisotopic (exact) mass is 657 g/mol. The number of hydrogen-bond acceptors (Lipinski definition) is 0. The Labute approximate surface area is 299 Å². The third kappa shape index (κ3) is 5.12. The summed E-state index contributed by atoms with van der Waals surface area (Å²) < 4.78 is 2.77. The van der Waals surface area contributed by atoms with E-state index in [1.54, 1.807) is 0 Å². The van der Waals surface area contributed by atoms with Crippen molar-refractivity contribution in [3.05, 3.63) is 192 Å². The topological polar surface area (TPSA) is 6.25 Å². The van der Waals surface area contributed by atoms with E-state index in [2.05, 4.69) is 186 Å². The van der Waals surface area contributed by atoms with Crippen LogP contribution in [0.5, 0.6) is 0 Å². The molecule has 51 heavy (non-hydrogen) atoms. The van der Waals surface area contributed by atoms with E-state index in [9.17, 15) is 0 Å². The average Bonchev–Trinajstić information content (AvgIpc) is 3.81. The van der Waals surface area contributed by atoms with Gasteiger partial charge >= 0.3 is 0 Å². The minimum absolute atomic E-state index is 0.252. The van der Waals surface area contributed by atoms with Crippen molar-refractivity contribution >= 4 is 49.4 Å². The fraction of sp³-hybridized carbons (Fsp3) is 0.163. The zero-order chi connectivity index (χ0) is 33.7. The van der Waals surface area contributed by atoms with Gasteiger partial charge in [-0.15, -0.1) is 0 Å². The van der Waals surface area contributed by atoms with E-state index in [1.807, 2.05) is 0 Å². The van der Waals surface area contributed by atoms with Crippen molar-refractivity contribution in [1.82, 2.24) is 4.90 Å². The van der Waals surface area contributed by atoms with E-state index < -0.39 is 0 Å². The van der Waals surface area contributed by atoms with Crippen molar-refractivity contribution in [2.24, 2.45) is 0 Å². The molecule has 2 heteroatoms. The molecule has 246 valence electrons. The summed E-state index contributed by atoms with van der Waals surface area (Å²) >= 11 is 0. The van der Waals surface area contributed by atoms with E-state index in [4.69, 9.17) is 0 Å². The molecular formula is C49H41N2+. The molecule has 8 aromatic carbocycles. The number of fused-ring (bicyclic) bond motifs is 4. The lowest BCUT2D eigenvalue weighted by atomic mass is 9.97. The quantitative estimate of drug-likeness (QED) is 0.132. The van der Waals surface area contributed by atoms with Gasteiger partial charge in [-0.05, 0) is 68.8 Å². The largest absolute Gasteiger partial charge is 0.254 e. The van der Waals surface area contributed by atoms with Crippen molar-refractivity contribution < 1.29 is 4.58 Å². The molecule has 2 heterocycles. The van der Waals surface area contributed by atoms with Crippen molar-refractivity contribution in [3.63, 3.8) is 0 Å². The van der Waals surface area contributed by atoms with E-state index in [-0.39, 0.29) is 24.2 Å². The molecule has 0 N–H and O–H groups in total. The molecule has 2 aliphatic rings. The van der Waals surface area contributed by atoms with E-state index in [1.165, 1.54) is 65.3 Å². The number of likely N-dealkylation sites (tertiary alicyclic amines) is 1. The van der Waals surface area contributed by atoms with Crippen LogP contribution in [0, 0.1) is 0 Å². The first kappa shape index (κ1) is 30.1. The highest BCUT2D eigenvalue weighted by Crippen LogP contribution is 2.49. The molecule has 2 fully saturated rings. The lowest BCUT2D eigenvalue weighted by Gasteiger charge is -2.28. The summed E-state index contributed by atoms with van der Waals surface area (Å²) in [5.74, 6) is 0. The highest BCUT2D eigenvalue weighted by Gasteiger charge is 2.44. The Hall–Kier alpha value is -5.73. The number of rotatable bonds is 5. The molecule has 4 atom stereocenters. The number of nitrogens with zero attached hydrogens (tertiary/aromatic N) is 2. The Morgan fingerprint density at radius 1 is 0.353 bits per heavy atom. The van der Waals surface area contributed by atoms with Gasteiger partial charge in [0, 0.05) is 22.3 Å². The average molecular weight is 658 g/mol. The lowest BCUT2D eigenvalue weighted by Crippen LogP contribution is -2.32. The van der Waals surface area contributed by atoms with Gasteiger partial charge in [0.15, 0.2) is 0 Å². The zero-order valence-electron chi connectivity index (χ0n) is 28.8. The highest BCUT2D eigenvalue weighted by molar-refractivity contribution is 5.89. The molecule has 0 saturated carbocycles. The molecule has 0 aliphatic carbocycles. The number of hydrogen-bond donors (Lipinski definition) is 0. The lowest BCUT2D eigenvalue weighted by molar-refractivity contribution is -0.590. The Morgan fingerprint density at radius 3 is 1.06 bits per heavy atom. The van der Waals surface area contributed by atoms with E-state index in [0.29, 0.717) is 0 Å².